The zero-order chi connectivity index (χ0) is 12.1. The van der Waals surface area contributed by atoms with Crippen molar-refractivity contribution in [2.24, 2.45) is 5.92 Å². The third-order valence-electron chi connectivity index (χ3n) is 2.85. The summed E-state index contributed by atoms with van der Waals surface area (Å²) in [6, 6.07) is 0. The van der Waals surface area contributed by atoms with Crippen LogP contribution in [0.1, 0.15) is 26.2 Å². The molecule has 1 amide bonds. The molecule has 5 nitrogen and oxygen atoms in total. The molecule has 0 aromatic carbocycles. The number of hydrogen-bond acceptors (Lipinski definition) is 4. The second kappa shape index (κ2) is 5.63. The maximum Gasteiger partial charge on any atom is 0.316 e. The molecule has 90 valence electrons. The van der Waals surface area contributed by atoms with E-state index in [1.54, 1.807) is 11.8 Å². The Kier molecular flexibility index (Phi) is 4.46. The minimum atomic E-state index is -0.695. The number of ketones is 1. The maximum absolute atomic E-state index is 11.6. The lowest BCUT2D eigenvalue weighted by Crippen LogP contribution is -2.31. The van der Waals surface area contributed by atoms with E-state index < -0.39 is 11.9 Å². The van der Waals surface area contributed by atoms with Crippen LogP contribution in [0.3, 0.4) is 0 Å². The van der Waals surface area contributed by atoms with Gasteiger partial charge in [0, 0.05) is 25.9 Å². The van der Waals surface area contributed by atoms with Crippen LogP contribution < -0.4 is 0 Å². The number of ether oxygens (including phenoxy) is 1. The van der Waals surface area contributed by atoms with Crippen LogP contribution in [-0.4, -0.2) is 42.8 Å². The molecular weight excluding hydrogens is 210 g/mol. The summed E-state index contributed by atoms with van der Waals surface area (Å²) in [5.41, 5.74) is 0. The summed E-state index contributed by atoms with van der Waals surface area (Å²) in [5.74, 6) is -1.29. The molecule has 0 radical (unpaired) electrons. The number of likely N-dealkylation sites (tertiary alicyclic amines) is 1. The molecule has 1 rings (SSSR count). The number of carbonyl (C=O) groups is 3. The largest absolute Gasteiger partial charge is 0.468 e. The van der Waals surface area contributed by atoms with Crippen LogP contribution in [-0.2, 0) is 19.1 Å². The molecule has 0 bridgehead atoms. The molecule has 1 saturated heterocycles. The van der Waals surface area contributed by atoms with Crippen LogP contribution in [0.15, 0.2) is 0 Å². The highest BCUT2D eigenvalue weighted by Crippen LogP contribution is 2.16. The third-order valence-corrected chi connectivity index (χ3v) is 2.85. The van der Waals surface area contributed by atoms with Crippen molar-refractivity contribution >= 4 is 17.7 Å². The van der Waals surface area contributed by atoms with Gasteiger partial charge in [-0.25, -0.2) is 0 Å². The Morgan fingerprint density at radius 3 is 2.69 bits per heavy atom. The zero-order valence-electron chi connectivity index (χ0n) is 9.69. The van der Waals surface area contributed by atoms with Crippen molar-refractivity contribution in [2.45, 2.75) is 26.2 Å². The van der Waals surface area contributed by atoms with Crippen LogP contribution in [0.2, 0.25) is 0 Å². The Balaban J connectivity index is 2.66. The second-order valence-corrected chi connectivity index (χ2v) is 3.82. The molecule has 1 aliphatic heterocycles. The highest BCUT2D eigenvalue weighted by Gasteiger charge is 2.31. The van der Waals surface area contributed by atoms with Gasteiger partial charge in [-0.1, -0.05) is 6.92 Å². The number of esters is 1. The summed E-state index contributed by atoms with van der Waals surface area (Å²) in [4.78, 5) is 36.1. The average Bonchev–Trinajstić information content (AvgIpc) is 2.49. The minimum absolute atomic E-state index is 0.0262. The number of carbonyl (C=O) groups excluding carboxylic acids is 3. The Labute approximate surface area is 94.7 Å². The molecule has 0 N–H and O–H groups in total. The van der Waals surface area contributed by atoms with Crippen LogP contribution in [0.5, 0.6) is 0 Å². The monoisotopic (exact) mass is 227 g/mol. The van der Waals surface area contributed by atoms with Crippen molar-refractivity contribution in [3.63, 3.8) is 0 Å². The van der Waals surface area contributed by atoms with E-state index in [1.165, 1.54) is 7.11 Å². The highest BCUT2D eigenvalue weighted by molar-refractivity contribution is 5.99. The first kappa shape index (κ1) is 12.7. The van der Waals surface area contributed by atoms with E-state index >= 15 is 0 Å². The fraction of sp³-hybridized carbons (Fsp3) is 0.727. The van der Waals surface area contributed by atoms with Gasteiger partial charge in [0.2, 0.25) is 5.91 Å². The van der Waals surface area contributed by atoms with Crippen molar-refractivity contribution in [1.82, 2.24) is 4.90 Å². The van der Waals surface area contributed by atoms with Crippen molar-refractivity contribution in [3.8, 4) is 0 Å². The molecule has 1 heterocycles. The van der Waals surface area contributed by atoms with Gasteiger partial charge >= 0.3 is 5.97 Å². The molecule has 1 atom stereocenters. The molecule has 5 heteroatoms. The summed E-state index contributed by atoms with van der Waals surface area (Å²) < 4.78 is 4.57. The number of hydrogen-bond donors (Lipinski definition) is 0. The Hall–Kier alpha value is -1.39. The van der Waals surface area contributed by atoms with Crippen molar-refractivity contribution in [2.75, 3.05) is 20.2 Å². The summed E-state index contributed by atoms with van der Waals surface area (Å²) in [6.45, 7) is 2.66. The lowest BCUT2D eigenvalue weighted by Gasteiger charge is -2.18. The predicted octanol–water partition coefficient (Wildman–Crippen LogP) is 0.377. The third kappa shape index (κ3) is 2.81. The van der Waals surface area contributed by atoms with Crippen molar-refractivity contribution < 1.29 is 19.1 Å². The number of amides is 1. The smallest absolute Gasteiger partial charge is 0.316 e. The minimum Gasteiger partial charge on any atom is -0.468 e. The van der Waals surface area contributed by atoms with Gasteiger partial charge in [0.05, 0.1) is 7.11 Å². The van der Waals surface area contributed by atoms with E-state index in [2.05, 4.69) is 4.74 Å². The first-order chi connectivity index (χ1) is 7.60. The van der Waals surface area contributed by atoms with Gasteiger partial charge in [0.25, 0.3) is 0 Å². The summed E-state index contributed by atoms with van der Waals surface area (Å²) >= 11 is 0. The predicted molar refractivity (Wildman–Crippen MR) is 56.6 cm³/mol. The molecular formula is C11H17NO4. The van der Waals surface area contributed by atoms with E-state index in [9.17, 15) is 14.4 Å². The van der Waals surface area contributed by atoms with Crippen molar-refractivity contribution in [3.05, 3.63) is 0 Å². The molecule has 0 aliphatic carbocycles. The van der Waals surface area contributed by atoms with Gasteiger partial charge in [-0.3, -0.25) is 14.4 Å². The molecule has 1 fully saturated rings. The molecule has 0 spiro atoms. The lowest BCUT2D eigenvalue weighted by atomic mass is 10.00. The molecule has 0 aromatic heterocycles. The van der Waals surface area contributed by atoms with Crippen LogP contribution in [0, 0.1) is 5.92 Å². The Morgan fingerprint density at radius 1 is 1.44 bits per heavy atom. The quantitative estimate of drug-likeness (QED) is 0.505. The molecule has 16 heavy (non-hydrogen) atoms. The van der Waals surface area contributed by atoms with Gasteiger partial charge in [-0.2, -0.15) is 0 Å². The fourth-order valence-corrected chi connectivity index (χ4v) is 1.84. The van der Waals surface area contributed by atoms with E-state index in [1.807, 2.05) is 0 Å². The van der Waals surface area contributed by atoms with Gasteiger partial charge in [0.1, 0.15) is 11.7 Å². The van der Waals surface area contributed by atoms with Crippen LogP contribution >= 0.6 is 0 Å². The van der Waals surface area contributed by atoms with E-state index in [-0.39, 0.29) is 18.1 Å². The molecule has 0 aromatic rings. The Bertz CT molecular complexity index is 300. The maximum atomic E-state index is 11.6. The summed E-state index contributed by atoms with van der Waals surface area (Å²) in [5, 5.41) is 0. The molecule has 1 aliphatic rings. The summed E-state index contributed by atoms with van der Waals surface area (Å²) in [6.07, 6.45) is 1.04. The van der Waals surface area contributed by atoms with Gasteiger partial charge in [-0.05, 0) is 6.42 Å². The van der Waals surface area contributed by atoms with E-state index in [4.69, 9.17) is 0 Å². The normalized spacial score (nSPS) is 21.5. The van der Waals surface area contributed by atoms with Gasteiger partial charge in [0.15, 0.2) is 0 Å². The molecule has 1 unspecified atom stereocenters. The SMILES string of the molecule is CCC(=O)N1CCC(=O)C(C(=O)OC)CC1. The summed E-state index contributed by atoms with van der Waals surface area (Å²) in [7, 11) is 1.27. The van der Waals surface area contributed by atoms with Crippen molar-refractivity contribution in [1.29, 1.82) is 0 Å². The Morgan fingerprint density at radius 2 is 2.12 bits per heavy atom. The standard InChI is InChI=1S/C11H17NO4/c1-3-10(14)12-6-4-8(11(15)16-2)9(13)5-7-12/h8H,3-7H2,1-2H3. The number of methoxy groups -OCH3 is 1. The van der Waals surface area contributed by atoms with E-state index in [0.717, 1.165) is 0 Å². The first-order valence-electron chi connectivity index (χ1n) is 5.48. The molecule has 0 saturated carbocycles. The average molecular weight is 227 g/mol. The van der Waals surface area contributed by atoms with Crippen LogP contribution in [0.4, 0.5) is 0 Å². The second-order valence-electron chi connectivity index (χ2n) is 3.82. The highest BCUT2D eigenvalue weighted by atomic mass is 16.5. The topological polar surface area (TPSA) is 63.7 Å². The number of Topliss-reactive ketones (excluding diaryl/α,β-unsaturated/α-hetero) is 1. The van der Waals surface area contributed by atoms with E-state index in [0.29, 0.717) is 25.9 Å². The zero-order valence-corrected chi connectivity index (χ0v) is 9.69. The number of rotatable bonds is 2. The van der Waals surface area contributed by atoms with Gasteiger partial charge in [-0.15, -0.1) is 0 Å². The first-order valence-corrected chi connectivity index (χ1v) is 5.48. The van der Waals surface area contributed by atoms with Crippen LogP contribution in [0.25, 0.3) is 0 Å². The fourth-order valence-electron chi connectivity index (χ4n) is 1.84. The van der Waals surface area contributed by atoms with Gasteiger partial charge < -0.3 is 9.64 Å². The number of nitrogens with zero attached hydrogens (tertiary/aromatic N) is 1. The lowest BCUT2D eigenvalue weighted by molar-refractivity contribution is -0.149.